The van der Waals surface area contributed by atoms with E-state index in [1.807, 2.05) is 6.92 Å². The monoisotopic (exact) mass is 300 g/mol. The van der Waals surface area contributed by atoms with Crippen molar-refractivity contribution in [1.82, 2.24) is 9.88 Å². The molecule has 6 nitrogen and oxygen atoms in total. The van der Waals surface area contributed by atoms with E-state index in [0.29, 0.717) is 0 Å². The summed E-state index contributed by atoms with van der Waals surface area (Å²) in [6, 6.07) is 1.47. The third-order valence-corrected chi connectivity index (χ3v) is 5.00. The van der Waals surface area contributed by atoms with Crippen LogP contribution in [0.1, 0.15) is 51.1 Å². The number of hydrogen-bond donors (Lipinski definition) is 1. The van der Waals surface area contributed by atoms with Crippen LogP contribution in [0.15, 0.2) is 16.9 Å². The lowest BCUT2D eigenvalue weighted by Gasteiger charge is -2.26. The van der Waals surface area contributed by atoms with Crippen LogP contribution in [0, 0.1) is 5.41 Å². The van der Waals surface area contributed by atoms with E-state index in [1.54, 1.807) is 0 Å². The molecule has 1 saturated carbocycles. The van der Waals surface area contributed by atoms with Crippen molar-refractivity contribution in [3.63, 3.8) is 0 Å². The van der Waals surface area contributed by atoms with Gasteiger partial charge in [0.2, 0.25) is 15.9 Å². The second-order valence-corrected chi connectivity index (χ2v) is 7.38. The second-order valence-electron chi connectivity index (χ2n) is 5.66. The molecule has 1 aromatic rings. The van der Waals surface area contributed by atoms with Gasteiger partial charge in [-0.25, -0.2) is 8.42 Å². The lowest BCUT2D eigenvalue weighted by atomic mass is 9.82. The van der Waals surface area contributed by atoms with Gasteiger partial charge in [0.05, 0.1) is 0 Å². The summed E-state index contributed by atoms with van der Waals surface area (Å²) in [6.07, 6.45) is 6.92. The first kappa shape index (κ1) is 15.0. The van der Waals surface area contributed by atoms with Crippen LogP contribution >= 0.6 is 0 Å². The number of amides is 1. The summed E-state index contributed by atoms with van der Waals surface area (Å²) in [4.78, 5) is 12.3. The quantitative estimate of drug-likeness (QED) is 0.859. The zero-order valence-electron chi connectivity index (χ0n) is 11.6. The minimum absolute atomic E-state index is 0.288. The molecule has 1 aliphatic rings. The Morgan fingerprint density at radius 3 is 2.55 bits per heavy atom. The van der Waals surface area contributed by atoms with Crippen LogP contribution in [-0.4, -0.2) is 19.5 Å². The van der Waals surface area contributed by atoms with Crippen LogP contribution in [0.2, 0.25) is 0 Å². The van der Waals surface area contributed by atoms with Crippen LogP contribution in [-0.2, 0) is 20.6 Å². The smallest absolute Gasteiger partial charge is 0.240 e. The molecule has 0 spiro atoms. The maximum Gasteiger partial charge on any atom is 0.240 e. The largest absolute Gasteiger partial charge is 0.364 e. The predicted octanol–water partition coefficient (Wildman–Crippen LogP) is 1.98. The van der Waals surface area contributed by atoms with E-state index in [1.165, 1.54) is 12.3 Å². The highest BCUT2D eigenvalue weighted by molar-refractivity contribution is 7.89. The average molecular weight is 300 g/mol. The van der Waals surface area contributed by atoms with Gasteiger partial charge in [-0.2, -0.15) is 0 Å². The summed E-state index contributed by atoms with van der Waals surface area (Å²) in [7, 11) is -3.73. The fourth-order valence-electron chi connectivity index (χ4n) is 2.54. The van der Waals surface area contributed by atoms with Gasteiger partial charge in [-0.1, -0.05) is 37.8 Å². The Balaban J connectivity index is 2.02. The fourth-order valence-corrected chi connectivity index (χ4v) is 3.68. The Labute approximate surface area is 119 Å². The Morgan fingerprint density at radius 2 is 2.00 bits per heavy atom. The van der Waals surface area contributed by atoms with Gasteiger partial charge in [0, 0.05) is 11.5 Å². The number of carbonyl (C=O) groups is 1. The number of hydrogen-bond acceptors (Lipinski definition) is 5. The van der Waals surface area contributed by atoms with E-state index >= 15 is 0 Å². The molecule has 1 fully saturated rings. The van der Waals surface area contributed by atoms with Crippen LogP contribution in [0.4, 0.5) is 0 Å². The highest BCUT2D eigenvalue weighted by atomic mass is 32.2. The zero-order valence-corrected chi connectivity index (χ0v) is 12.4. The fraction of sp³-hybridized carbons (Fsp3) is 0.692. The summed E-state index contributed by atoms with van der Waals surface area (Å²) in [5.41, 5.74) is -0.302. The molecule has 0 radical (unpaired) electrons. The van der Waals surface area contributed by atoms with Crippen molar-refractivity contribution in [1.29, 1.82) is 0 Å². The van der Waals surface area contributed by atoms with Crippen molar-refractivity contribution in [3.8, 4) is 0 Å². The normalized spacial score (nSPS) is 19.2. The van der Waals surface area contributed by atoms with Gasteiger partial charge in [0.1, 0.15) is 17.7 Å². The molecular formula is C13H20N2O4S. The van der Waals surface area contributed by atoms with Gasteiger partial charge in [-0.3, -0.25) is 9.52 Å². The number of sulfonamides is 1. The Hall–Kier alpha value is -1.37. The molecule has 1 aromatic heterocycles. The number of rotatable bonds is 4. The maximum absolute atomic E-state index is 12.3. The lowest BCUT2D eigenvalue weighted by molar-refractivity contribution is -0.129. The first-order valence-corrected chi connectivity index (χ1v) is 8.51. The van der Waals surface area contributed by atoms with E-state index in [0.717, 1.165) is 38.5 Å². The second kappa shape index (κ2) is 5.95. The molecule has 1 heterocycles. The van der Waals surface area contributed by atoms with Crippen molar-refractivity contribution in [2.75, 3.05) is 0 Å². The Bertz CT molecular complexity index is 543. The molecule has 7 heteroatoms. The number of nitrogens with zero attached hydrogens (tertiary/aromatic N) is 1. The molecule has 0 atom stereocenters. The first-order chi connectivity index (χ1) is 9.41. The highest BCUT2D eigenvalue weighted by Gasteiger charge is 2.35. The van der Waals surface area contributed by atoms with Crippen molar-refractivity contribution in [2.24, 2.45) is 5.41 Å². The lowest BCUT2D eigenvalue weighted by Crippen LogP contribution is -2.42. The molecule has 2 rings (SSSR count). The third kappa shape index (κ3) is 3.82. The Morgan fingerprint density at radius 1 is 1.35 bits per heavy atom. The summed E-state index contributed by atoms with van der Waals surface area (Å²) >= 11 is 0. The summed E-state index contributed by atoms with van der Waals surface area (Å²) in [5.74, 6) is -0.742. The van der Waals surface area contributed by atoms with E-state index in [-0.39, 0.29) is 11.4 Å². The standard InChI is InChI=1S/C13H20N2O4S/c1-13(7-4-2-3-5-8-13)12(16)15-20(17,18)10-11-6-9-19-14-11/h6,9H,2-5,7-8,10H2,1H3,(H,15,16). The minimum atomic E-state index is -3.73. The van der Waals surface area contributed by atoms with Crippen LogP contribution in [0.3, 0.4) is 0 Å². The number of carbonyl (C=O) groups excluding carboxylic acids is 1. The van der Waals surface area contributed by atoms with Crippen molar-refractivity contribution in [3.05, 3.63) is 18.0 Å². The molecule has 0 aliphatic heterocycles. The van der Waals surface area contributed by atoms with Gasteiger partial charge >= 0.3 is 0 Å². The van der Waals surface area contributed by atoms with Crippen LogP contribution in [0.25, 0.3) is 0 Å². The van der Waals surface area contributed by atoms with Gasteiger partial charge < -0.3 is 4.52 Å². The van der Waals surface area contributed by atoms with Crippen molar-refractivity contribution >= 4 is 15.9 Å². The third-order valence-electron chi connectivity index (χ3n) is 3.83. The first-order valence-electron chi connectivity index (χ1n) is 6.85. The van der Waals surface area contributed by atoms with Gasteiger partial charge in [0.25, 0.3) is 0 Å². The maximum atomic E-state index is 12.3. The van der Waals surface area contributed by atoms with Crippen molar-refractivity contribution in [2.45, 2.75) is 51.2 Å². The summed E-state index contributed by atoms with van der Waals surface area (Å²) in [5, 5.41) is 3.55. The summed E-state index contributed by atoms with van der Waals surface area (Å²) < 4.78 is 30.7. The van der Waals surface area contributed by atoms with Gasteiger partial charge in [-0.05, 0) is 12.8 Å². The molecule has 20 heavy (non-hydrogen) atoms. The van der Waals surface area contributed by atoms with E-state index in [2.05, 4.69) is 14.4 Å². The van der Waals surface area contributed by atoms with E-state index < -0.39 is 21.3 Å². The summed E-state index contributed by atoms with van der Waals surface area (Å²) in [6.45, 7) is 1.85. The number of aromatic nitrogens is 1. The van der Waals surface area contributed by atoms with Gasteiger partial charge in [-0.15, -0.1) is 0 Å². The topological polar surface area (TPSA) is 89.3 Å². The zero-order chi connectivity index (χ0) is 14.6. The molecule has 1 aliphatic carbocycles. The molecule has 0 bridgehead atoms. The number of nitrogens with one attached hydrogen (secondary N) is 1. The van der Waals surface area contributed by atoms with Crippen LogP contribution < -0.4 is 4.72 Å². The van der Waals surface area contributed by atoms with Crippen molar-refractivity contribution < 1.29 is 17.7 Å². The molecule has 1 amide bonds. The molecule has 1 N–H and O–H groups in total. The highest BCUT2D eigenvalue weighted by Crippen LogP contribution is 2.34. The molecule has 112 valence electrons. The molecular weight excluding hydrogens is 280 g/mol. The SMILES string of the molecule is CC1(C(=O)NS(=O)(=O)Cc2ccon2)CCCCCC1. The Kier molecular flexibility index (Phi) is 4.47. The van der Waals surface area contributed by atoms with E-state index in [4.69, 9.17) is 0 Å². The molecule has 0 saturated heterocycles. The predicted molar refractivity (Wildman–Crippen MR) is 73.1 cm³/mol. The molecule has 0 aromatic carbocycles. The van der Waals surface area contributed by atoms with E-state index in [9.17, 15) is 13.2 Å². The van der Waals surface area contributed by atoms with Gasteiger partial charge in [0.15, 0.2) is 0 Å². The van der Waals surface area contributed by atoms with Crippen LogP contribution in [0.5, 0.6) is 0 Å². The average Bonchev–Trinajstić information content (AvgIpc) is 2.74. The minimum Gasteiger partial charge on any atom is -0.364 e. The molecule has 0 unspecified atom stereocenters.